The summed E-state index contributed by atoms with van der Waals surface area (Å²) < 4.78 is 33.4. The molecule has 6 N–H and O–H groups in total. The van der Waals surface area contributed by atoms with Crippen LogP contribution in [0.2, 0.25) is 0 Å². The summed E-state index contributed by atoms with van der Waals surface area (Å²) in [5.74, 6) is -2.05. The lowest BCUT2D eigenvalue weighted by atomic mass is 10.1. The van der Waals surface area contributed by atoms with E-state index in [0.29, 0.717) is 54.6 Å². The Labute approximate surface area is 222 Å². The molecule has 1 aliphatic rings. The highest BCUT2D eigenvalue weighted by atomic mass is 19.2. The number of H-pyrrole nitrogens is 2. The minimum absolute atomic E-state index is 0.0275. The Kier molecular flexibility index (Phi) is 6.88. The standard InChI is InChI=1S/C26H26F2N8O3/c1-14(37)35-7-9-36(10-8-35)15-3-4-20(22(11-15)39-2)32-26-33-24-16(5-6-30-24)25(34-26)31-21-13-19(28)18(27)12-17(21)23(29)38/h3-6,11-13H,7-10H2,1-2H3,(H2,29,38)(H3,30,31,32,33,34)/p+1. The summed E-state index contributed by atoms with van der Waals surface area (Å²) in [4.78, 5) is 38.3. The number of ether oxygens (including phenoxy) is 1. The number of benzene rings is 2. The number of aromatic nitrogens is 3. The first kappa shape index (κ1) is 25.7. The average Bonchev–Trinajstić information content (AvgIpc) is 3.40. The van der Waals surface area contributed by atoms with Crippen molar-refractivity contribution < 1.29 is 28.1 Å². The molecule has 13 heteroatoms. The number of primary amides is 1. The van der Waals surface area contributed by atoms with Gasteiger partial charge in [-0.2, -0.15) is 0 Å². The Morgan fingerprint density at radius 1 is 1.05 bits per heavy atom. The van der Waals surface area contributed by atoms with Crippen LogP contribution in [0.1, 0.15) is 17.3 Å². The fourth-order valence-corrected chi connectivity index (χ4v) is 4.51. The predicted octanol–water partition coefficient (Wildman–Crippen LogP) is 2.92. The molecule has 39 heavy (non-hydrogen) atoms. The minimum atomic E-state index is -1.19. The smallest absolute Gasteiger partial charge is 0.351 e. The third-order valence-electron chi connectivity index (χ3n) is 6.58. The van der Waals surface area contributed by atoms with E-state index in [-0.39, 0.29) is 23.0 Å². The summed E-state index contributed by atoms with van der Waals surface area (Å²) in [5.41, 5.74) is 7.29. The van der Waals surface area contributed by atoms with E-state index in [1.54, 1.807) is 26.3 Å². The van der Waals surface area contributed by atoms with Crippen molar-refractivity contribution >= 4 is 51.7 Å². The van der Waals surface area contributed by atoms with Gasteiger partial charge < -0.3 is 25.6 Å². The van der Waals surface area contributed by atoms with Gasteiger partial charge in [0.1, 0.15) is 5.69 Å². The van der Waals surface area contributed by atoms with Crippen LogP contribution in [0.25, 0.3) is 11.0 Å². The lowest BCUT2D eigenvalue weighted by Crippen LogP contribution is -2.48. The van der Waals surface area contributed by atoms with Gasteiger partial charge in [-0.1, -0.05) is 4.98 Å². The van der Waals surface area contributed by atoms with E-state index in [0.717, 1.165) is 17.8 Å². The Bertz CT molecular complexity index is 1570. The van der Waals surface area contributed by atoms with Crippen LogP contribution in [-0.4, -0.2) is 60.0 Å². The van der Waals surface area contributed by atoms with Gasteiger partial charge in [-0.3, -0.25) is 19.9 Å². The zero-order valence-electron chi connectivity index (χ0n) is 21.3. The molecule has 11 nitrogen and oxygen atoms in total. The van der Waals surface area contributed by atoms with Crippen molar-refractivity contribution in [3.8, 4) is 5.75 Å². The number of carbonyl (C=O) groups is 2. The van der Waals surface area contributed by atoms with Crippen LogP contribution < -0.4 is 31.0 Å². The summed E-state index contributed by atoms with van der Waals surface area (Å²) >= 11 is 0. The summed E-state index contributed by atoms with van der Waals surface area (Å²) in [5, 5.41) is 6.70. The van der Waals surface area contributed by atoms with Gasteiger partial charge in [-0.15, -0.1) is 0 Å². The van der Waals surface area contributed by atoms with Crippen molar-refractivity contribution in [2.75, 3.05) is 48.8 Å². The van der Waals surface area contributed by atoms with Gasteiger partial charge in [-0.25, -0.2) is 13.8 Å². The molecule has 202 valence electrons. The van der Waals surface area contributed by atoms with E-state index in [1.807, 2.05) is 23.1 Å². The number of methoxy groups -OCH3 is 1. The summed E-state index contributed by atoms with van der Waals surface area (Å²) in [6, 6.07) is 9.04. The maximum atomic E-state index is 14.0. The maximum absolute atomic E-state index is 14.0. The number of anilines is 5. The van der Waals surface area contributed by atoms with E-state index in [2.05, 4.69) is 30.5 Å². The molecule has 0 radical (unpaired) electrons. The van der Waals surface area contributed by atoms with Gasteiger partial charge in [0.2, 0.25) is 17.4 Å². The van der Waals surface area contributed by atoms with Crippen LogP contribution in [0.4, 0.5) is 37.6 Å². The number of nitrogens with zero attached hydrogens (tertiary/aromatic N) is 3. The number of halogens is 2. The number of carbonyl (C=O) groups excluding carboxylic acids is 2. The van der Waals surface area contributed by atoms with Crippen molar-refractivity contribution in [1.82, 2.24) is 14.9 Å². The molecule has 1 saturated heterocycles. The Balaban J connectivity index is 1.43. The fraction of sp³-hybridized carbons (Fsp3) is 0.231. The van der Waals surface area contributed by atoms with Crippen LogP contribution in [0, 0.1) is 11.6 Å². The lowest BCUT2D eigenvalue weighted by molar-refractivity contribution is -0.333. The Morgan fingerprint density at radius 3 is 2.49 bits per heavy atom. The second-order valence-electron chi connectivity index (χ2n) is 9.00. The number of amides is 2. The molecular formula is C26H27F2N8O3+. The number of aromatic amines is 2. The number of nitrogens with two attached hydrogens (primary N) is 1. The maximum Gasteiger partial charge on any atom is 0.351 e. The molecular weight excluding hydrogens is 510 g/mol. The molecule has 0 unspecified atom stereocenters. The zero-order chi connectivity index (χ0) is 27.7. The quantitative estimate of drug-likeness (QED) is 0.284. The Hall–Kier alpha value is -4.94. The molecule has 4 aromatic rings. The molecule has 0 atom stereocenters. The van der Waals surface area contributed by atoms with Crippen molar-refractivity contribution in [3.63, 3.8) is 0 Å². The average molecular weight is 538 g/mol. The van der Waals surface area contributed by atoms with Crippen LogP contribution in [-0.2, 0) is 4.79 Å². The molecule has 2 amide bonds. The summed E-state index contributed by atoms with van der Waals surface area (Å²) in [6.07, 6.45) is 1.68. The van der Waals surface area contributed by atoms with Gasteiger partial charge in [0.15, 0.2) is 17.4 Å². The number of hydrogen-bond donors (Lipinski definition) is 4. The third-order valence-corrected chi connectivity index (χ3v) is 6.58. The monoisotopic (exact) mass is 537 g/mol. The number of hydrogen-bond acceptors (Lipinski definition) is 7. The van der Waals surface area contributed by atoms with Crippen molar-refractivity contribution in [2.45, 2.75) is 6.92 Å². The second-order valence-corrected chi connectivity index (χ2v) is 9.00. The molecule has 1 aliphatic heterocycles. The second kappa shape index (κ2) is 10.4. The largest absolute Gasteiger partial charge is 0.493 e. The third kappa shape index (κ3) is 5.23. The molecule has 0 bridgehead atoms. The van der Waals surface area contributed by atoms with E-state index >= 15 is 0 Å². The molecule has 0 spiro atoms. The van der Waals surface area contributed by atoms with Crippen LogP contribution >= 0.6 is 0 Å². The van der Waals surface area contributed by atoms with Gasteiger partial charge in [-0.05, 0) is 24.3 Å². The van der Waals surface area contributed by atoms with E-state index < -0.39 is 17.5 Å². The molecule has 2 aromatic carbocycles. The highest BCUT2D eigenvalue weighted by molar-refractivity contribution is 6.00. The Morgan fingerprint density at radius 2 is 1.79 bits per heavy atom. The first-order valence-electron chi connectivity index (χ1n) is 12.2. The zero-order valence-corrected chi connectivity index (χ0v) is 21.3. The van der Waals surface area contributed by atoms with E-state index in [9.17, 15) is 18.4 Å². The molecule has 5 rings (SSSR count). The molecule has 0 aliphatic carbocycles. The van der Waals surface area contributed by atoms with Crippen molar-refractivity contribution in [2.24, 2.45) is 5.73 Å². The first-order chi connectivity index (χ1) is 18.7. The van der Waals surface area contributed by atoms with Gasteiger partial charge in [0, 0.05) is 57.1 Å². The lowest BCUT2D eigenvalue weighted by Gasteiger charge is -2.35. The van der Waals surface area contributed by atoms with E-state index in [1.165, 1.54) is 0 Å². The predicted molar refractivity (Wildman–Crippen MR) is 142 cm³/mol. The number of nitrogens with one attached hydrogen (secondary N) is 4. The van der Waals surface area contributed by atoms with Crippen LogP contribution in [0.3, 0.4) is 0 Å². The van der Waals surface area contributed by atoms with Gasteiger partial charge in [0.25, 0.3) is 5.91 Å². The minimum Gasteiger partial charge on any atom is -0.493 e. The van der Waals surface area contributed by atoms with Crippen molar-refractivity contribution in [1.29, 1.82) is 0 Å². The topological polar surface area (TPSA) is 143 Å². The molecule has 0 saturated carbocycles. The normalized spacial score (nSPS) is 13.4. The molecule has 2 aromatic heterocycles. The highest BCUT2D eigenvalue weighted by Crippen LogP contribution is 2.33. The van der Waals surface area contributed by atoms with Crippen LogP contribution in [0.15, 0.2) is 42.6 Å². The number of piperazine rings is 1. The molecule has 3 heterocycles. The van der Waals surface area contributed by atoms with Gasteiger partial charge in [0.05, 0.1) is 23.7 Å². The summed E-state index contributed by atoms with van der Waals surface area (Å²) in [7, 11) is 1.56. The van der Waals surface area contributed by atoms with Gasteiger partial charge >= 0.3 is 5.95 Å². The van der Waals surface area contributed by atoms with Crippen molar-refractivity contribution in [3.05, 3.63) is 59.8 Å². The SMILES string of the molecule is COc1cc(N2CCN(C(C)=O)CC2)ccc1Nc1nc(Nc2cc(F)c(F)cc2C(N)=O)c2cc[nH]c2[nH+]1. The van der Waals surface area contributed by atoms with Crippen LogP contribution in [0.5, 0.6) is 5.75 Å². The number of rotatable bonds is 7. The fourth-order valence-electron chi connectivity index (χ4n) is 4.51. The highest BCUT2D eigenvalue weighted by Gasteiger charge is 2.22. The molecule has 1 fully saturated rings. The van der Waals surface area contributed by atoms with E-state index in [4.69, 9.17) is 10.5 Å². The summed E-state index contributed by atoms with van der Waals surface area (Å²) in [6.45, 7) is 4.29. The number of fused-ring (bicyclic) bond motifs is 1. The first-order valence-corrected chi connectivity index (χ1v) is 12.2.